The Morgan fingerprint density at radius 2 is 2.00 bits per heavy atom. The van der Waals surface area contributed by atoms with Gasteiger partial charge < -0.3 is 10.1 Å². The average Bonchev–Trinajstić information content (AvgIpc) is 2.86. The van der Waals surface area contributed by atoms with Crippen molar-refractivity contribution in [2.24, 2.45) is 0 Å². The van der Waals surface area contributed by atoms with Crippen molar-refractivity contribution >= 4 is 27.7 Å². The molecule has 0 bridgehead atoms. The van der Waals surface area contributed by atoms with Crippen molar-refractivity contribution in [3.8, 4) is 5.75 Å². The smallest absolute Gasteiger partial charge is 0.260 e. The first-order chi connectivity index (χ1) is 10.7. The summed E-state index contributed by atoms with van der Waals surface area (Å²) < 4.78 is 6.59. The number of aromatic amines is 1. The van der Waals surface area contributed by atoms with E-state index in [2.05, 4.69) is 52.2 Å². The molecule has 0 saturated carbocycles. The summed E-state index contributed by atoms with van der Waals surface area (Å²) in [5, 5.41) is 9.91. The Bertz CT molecular complexity index is 702. The minimum absolute atomic E-state index is 0.0197. The number of ether oxygens (including phenoxy) is 1. The lowest BCUT2D eigenvalue weighted by Gasteiger charge is -2.15. The zero-order valence-corrected chi connectivity index (χ0v) is 15.6. The summed E-state index contributed by atoms with van der Waals surface area (Å²) in [6.45, 7) is 10.1. The van der Waals surface area contributed by atoms with Crippen LogP contribution in [0, 0.1) is 0 Å². The summed E-state index contributed by atoms with van der Waals surface area (Å²) in [6.07, 6.45) is -0.0197. The lowest BCUT2D eigenvalue weighted by Crippen LogP contribution is -2.16. The molecule has 0 spiro atoms. The van der Waals surface area contributed by atoms with Crippen LogP contribution in [0.15, 0.2) is 28.7 Å². The number of rotatable bonds is 4. The highest BCUT2D eigenvalue weighted by atomic mass is 79.9. The SMILES string of the molecule is CC(C)Oc1cc(Br)ccc1C(=O)Nc1cc(C(C)(C)C)[nH]n1. The highest BCUT2D eigenvalue weighted by Crippen LogP contribution is 2.26. The Morgan fingerprint density at radius 3 is 2.57 bits per heavy atom. The van der Waals surface area contributed by atoms with Crippen molar-refractivity contribution in [2.75, 3.05) is 5.32 Å². The Balaban J connectivity index is 2.22. The molecule has 0 aliphatic rings. The molecule has 0 unspecified atom stereocenters. The van der Waals surface area contributed by atoms with Gasteiger partial charge in [-0.3, -0.25) is 9.89 Å². The third kappa shape index (κ3) is 4.58. The third-order valence-electron chi connectivity index (χ3n) is 3.18. The van der Waals surface area contributed by atoms with E-state index in [1.807, 2.05) is 26.0 Å². The van der Waals surface area contributed by atoms with Gasteiger partial charge in [0.15, 0.2) is 5.82 Å². The van der Waals surface area contributed by atoms with Crippen LogP contribution in [0.25, 0.3) is 0 Å². The number of nitrogens with one attached hydrogen (secondary N) is 2. The summed E-state index contributed by atoms with van der Waals surface area (Å²) in [5.41, 5.74) is 1.38. The van der Waals surface area contributed by atoms with Gasteiger partial charge >= 0.3 is 0 Å². The molecule has 0 atom stereocenters. The zero-order chi connectivity index (χ0) is 17.2. The number of anilines is 1. The lowest BCUT2D eigenvalue weighted by molar-refractivity contribution is 0.102. The molecule has 124 valence electrons. The van der Waals surface area contributed by atoms with E-state index in [1.54, 1.807) is 12.1 Å². The largest absolute Gasteiger partial charge is 0.490 e. The summed E-state index contributed by atoms with van der Waals surface area (Å²) in [6, 6.07) is 7.18. The second-order valence-electron chi connectivity index (χ2n) is 6.68. The number of hydrogen-bond acceptors (Lipinski definition) is 3. The minimum Gasteiger partial charge on any atom is -0.490 e. The van der Waals surface area contributed by atoms with E-state index in [1.165, 1.54) is 0 Å². The van der Waals surface area contributed by atoms with Gasteiger partial charge in [-0.2, -0.15) is 5.10 Å². The van der Waals surface area contributed by atoms with Gasteiger partial charge in [0.2, 0.25) is 0 Å². The van der Waals surface area contributed by atoms with E-state index in [0.29, 0.717) is 17.1 Å². The first-order valence-electron chi connectivity index (χ1n) is 7.50. The normalized spacial score (nSPS) is 11.6. The Kier molecular flexibility index (Phi) is 5.14. The van der Waals surface area contributed by atoms with Crippen LogP contribution in [0.4, 0.5) is 5.82 Å². The van der Waals surface area contributed by atoms with Crippen molar-refractivity contribution < 1.29 is 9.53 Å². The van der Waals surface area contributed by atoms with Crippen molar-refractivity contribution in [3.05, 3.63) is 40.0 Å². The summed E-state index contributed by atoms with van der Waals surface area (Å²) in [4.78, 5) is 12.5. The van der Waals surface area contributed by atoms with Crippen molar-refractivity contribution in [1.29, 1.82) is 0 Å². The topological polar surface area (TPSA) is 67.0 Å². The van der Waals surface area contributed by atoms with Crippen LogP contribution in [0.5, 0.6) is 5.75 Å². The molecule has 0 aliphatic carbocycles. The predicted molar refractivity (Wildman–Crippen MR) is 95.1 cm³/mol. The third-order valence-corrected chi connectivity index (χ3v) is 3.67. The molecular formula is C17H22BrN3O2. The predicted octanol–water partition coefficient (Wildman–Crippen LogP) is 4.51. The van der Waals surface area contributed by atoms with Crippen LogP contribution in [0.2, 0.25) is 0 Å². The molecule has 0 aliphatic heterocycles. The fourth-order valence-electron chi connectivity index (χ4n) is 1.99. The first kappa shape index (κ1) is 17.5. The Morgan fingerprint density at radius 1 is 1.30 bits per heavy atom. The number of amides is 1. The van der Waals surface area contributed by atoms with Gasteiger partial charge in [0.25, 0.3) is 5.91 Å². The molecule has 0 fully saturated rings. The Labute approximate surface area is 144 Å². The summed E-state index contributed by atoms with van der Waals surface area (Å²) in [7, 11) is 0. The molecular weight excluding hydrogens is 358 g/mol. The van der Waals surface area contributed by atoms with E-state index >= 15 is 0 Å². The van der Waals surface area contributed by atoms with E-state index in [4.69, 9.17) is 4.74 Å². The van der Waals surface area contributed by atoms with Crippen LogP contribution in [0.1, 0.15) is 50.7 Å². The maximum atomic E-state index is 12.5. The van der Waals surface area contributed by atoms with Crippen molar-refractivity contribution in [2.45, 2.75) is 46.1 Å². The molecule has 5 nitrogen and oxygen atoms in total. The molecule has 1 amide bonds. The average molecular weight is 380 g/mol. The van der Waals surface area contributed by atoms with Crippen molar-refractivity contribution in [1.82, 2.24) is 10.2 Å². The van der Waals surface area contributed by atoms with Crippen LogP contribution in [-0.2, 0) is 5.41 Å². The fourth-order valence-corrected chi connectivity index (χ4v) is 2.33. The monoisotopic (exact) mass is 379 g/mol. The number of carbonyl (C=O) groups excluding carboxylic acids is 1. The second kappa shape index (κ2) is 6.74. The van der Waals surface area contributed by atoms with E-state index in [-0.39, 0.29) is 17.4 Å². The maximum absolute atomic E-state index is 12.5. The second-order valence-corrected chi connectivity index (χ2v) is 7.59. The highest BCUT2D eigenvalue weighted by Gasteiger charge is 2.19. The number of aromatic nitrogens is 2. The first-order valence-corrected chi connectivity index (χ1v) is 8.29. The molecule has 2 aromatic rings. The fraction of sp³-hybridized carbons (Fsp3) is 0.412. The van der Waals surface area contributed by atoms with Crippen LogP contribution < -0.4 is 10.1 Å². The van der Waals surface area contributed by atoms with Gasteiger partial charge in [0.1, 0.15) is 5.75 Å². The molecule has 1 aromatic heterocycles. The minimum atomic E-state index is -0.250. The van der Waals surface area contributed by atoms with E-state index in [0.717, 1.165) is 10.2 Å². The molecule has 2 N–H and O–H groups in total. The molecule has 0 radical (unpaired) electrons. The molecule has 0 saturated heterocycles. The van der Waals surface area contributed by atoms with Crippen LogP contribution in [-0.4, -0.2) is 22.2 Å². The molecule has 23 heavy (non-hydrogen) atoms. The molecule has 2 rings (SSSR count). The molecule has 1 heterocycles. The molecule has 6 heteroatoms. The van der Waals surface area contributed by atoms with Gasteiger partial charge in [-0.15, -0.1) is 0 Å². The van der Waals surface area contributed by atoms with Gasteiger partial charge in [0.05, 0.1) is 11.7 Å². The number of carbonyl (C=O) groups is 1. The summed E-state index contributed by atoms with van der Waals surface area (Å²) in [5.74, 6) is 0.789. The van der Waals surface area contributed by atoms with Crippen LogP contribution in [0.3, 0.4) is 0 Å². The van der Waals surface area contributed by atoms with Gasteiger partial charge in [0, 0.05) is 21.6 Å². The zero-order valence-electron chi connectivity index (χ0n) is 14.0. The lowest BCUT2D eigenvalue weighted by atomic mass is 9.92. The van der Waals surface area contributed by atoms with Crippen LogP contribution >= 0.6 is 15.9 Å². The number of hydrogen-bond donors (Lipinski definition) is 2. The van der Waals surface area contributed by atoms with Gasteiger partial charge in [-0.25, -0.2) is 0 Å². The van der Waals surface area contributed by atoms with E-state index in [9.17, 15) is 4.79 Å². The van der Waals surface area contributed by atoms with Gasteiger partial charge in [-0.1, -0.05) is 36.7 Å². The maximum Gasteiger partial charge on any atom is 0.260 e. The highest BCUT2D eigenvalue weighted by molar-refractivity contribution is 9.10. The standard InChI is InChI=1S/C17H22BrN3O2/c1-10(2)23-13-8-11(18)6-7-12(13)16(22)19-15-9-14(20-21-15)17(3,4)5/h6-10H,1-5H3,(H2,19,20,21,22). The number of halogens is 1. The number of benzene rings is 1. The quantitative estimate of drug-likeness (QED) is 0.820. The number of nitrogens with zero attached hydrogens (tertiary/aromatic N) is 1. The van der Waals surface area contributed by atoms with Gasteiger partial charge in [-0.05, 0) is 32.0 Å². The van der Waals surface area contributed by atoms with E-state index < -0.39 is 0 Å². The number of H-pyrrole nitrogens is 1. The summed E-state index contributed by atoms with van der Waals surface area (Å²) >= 11 is 3.40. The Hall–Kier alpha value is -1.82. The van der Waals surface area contributed by atoms with Crippen molar-refractivity contribution in [3.63, 3.8) is 0 Å². The molecule has 1 aromatic carbocycles.